The van der Waals surface area contributed by atoms with Crippen molar-refractivity contribution < 1.29 is 0 Å². The van der Waals surface area contributed by atoms with E-state index in [-0.39, 0.29) is 5.41 Å². The lowest BCUT2D eigenvalue weighted by Gasteiger charge is -2.42. The highest BCUT2D eigenvalue weighted by Gasteiger charge is 2.43. The minimum Gasteiger partial charge on any atom is -0.333 e. The van der Waals surface area contributed by atoms with Gasteiger partial charge in [0.25, 0.3) is 0 Å². The summed E-state index contributed by atoms with van der Waals surface area (Å²) in [7, 11) is 0. The van der Waals surface area contributed by atoms with Crippen LogP contribution in [0.4, 0.5) is 10.7 Å². The standard InChI is InChI=1S/C26H37NS/c1-9-15-26(8)17-16-25(6,7)22-19(5)24(28-23(22)26)27(10-2)21-13-11-20(12-14-21)18(3)4/h11-14H,3,9-10,15-17H2,1-2,4-8H3. The molecule has 0 amide bonds. The number of rotatable bonds is 6. The molecule has 0 fully saturated rings. The van der Waals surface area contributed by atoms with Crippen LogP contribution in [0.3, 0.4) is 0 Å². The molecular weight excluding hydrogens is 358 g/mol. The monoisotopic (exact) mass is 395 g/mol. The second kappa shape index (κ2) is 7.71. The summed E-state index contributed by atoms with van der Waals surface area (Å²) in [5, 5.41) is 1.44. The molecule has 0 saturated heterocycles. The molecule has 1 heterocycles. The number of thiophene rings is 1. The first kappa shape index (κ1) is 21.2. The molecule has 2 aromatic rings. The van der Waals surface area contributed by atoms with Crippen LogP contribution in [-0.4, -0.2) is 6.54 Å². The summed E-state index contributed by atoms with van der Waals surface area (Å²) in [5.74, 6) is 0. The van der Waals surface area contributed by atoms with E-state index in [0.717, 1.165) is 12.1 Å². The summed E-state index contributed by atoms with van der Waals surface area (Å²) in [4.78, 5) is 4.15. The summed E-state index contributed by atoms with van der Waals surface area (Å²) in [6.07, 6.45) is 5.13. The molecule has 0 saturated carbocycles. The van der Waals surface area contributed by atoms with E-state index >= 15 is 0 Å². The van der Waals surface area contributed by atoms with Crippen LogP contribution in [0.25, 0.3) is 5.57 Å². The average molecular weight is 396 g/mol. The zero-order valence-electron chi connectivity index (χ0n) is 18.9. The van der Waals surface area contributed by atoms with Crippen LogP contribution in [0.15, 0.2) is 30.8 Å². The highest BCUT2D eigenvalue weighted by Crippen LogP contribution is 2.55. The van der Waals surface area contributed by atoms with E-state index in [1.807, 2.05) is 0 Å². The van der Waals surface area contributed by atoms with Crippen molar-refractivity contribution in [1.29, 1.82) is 0 Å². The van der Waals surface area contributed by atoms with Crippen molar-refractivity contribution in [3.63, 3.8) is 0 Å². The van der Waals surface area contributed by atoms with Crippen molar-refractivity contribution in [2.45, 2.75) is 85.0 Å². The van der Waals surface area contributed by atoms with Crippen molar-refractivity contribution in [2.75, 3.05) is 11.4 Å². The molecule has 0 N–H and O–H groups in total. The molecule has 1 aromatic heterocycles. The molecule has 2 heteroatoms. The normalized spacial score (nSPS) is 20.7. The fourth-order valence-electron chi connectivity index (χ4n) is 4.99. The van der Waals surface area contributed by atoms with Gasteiger partial charge in [0.1, 0.15) is 0 Å². The molecule has 1 atom stereocenters. The van der Waals surface area contributed by atoms with Gasteiger partial charge in [-0.3, -0.25) is 0 Å². The Balaban J connectivity index is 2.11. The highest BCUT2D eigenvalue weighted by molar-refractivity contribution is 7.16. The van der Waals surface area contributed by atoms with Crippen molar-refractivity contribution in [1.82, 2.24) is 0 Å². The average Bonchev–Trinajstić information content (AvgIpc) is 3.00. The molecular formula is C26H37NS. The van der Waals surface area contributed by atoms with Crippen LogP contribution in [0.5, 0.6) is 0 Å². The van der Waals surface area contributed by atoms with Gasteiger partial charge in [0, 0.05) is 22.5 Å². The second-order valence-electron chi connectivity index (χ2n) is 9.50. The van der Waals surface area contributed by atoms with Crippen LogP contribution < -0.4 is 4.90 Å². The number of allylic oxidation sites excluding steroid dienone is 1. The molecule has 1 unspecified atom stereocenters. The first-order chi connectivity index (χ1) is 13.1. The smallest absolute Gasteiger partial charge is 0.0988 e. The maximum Gasteiger partial charge on any atom is 0.0988 e. The summed E-state index contributed by atoms with van der Waals surface area (Å²) < 4.78 is 0. The molecule has 0 aliphatic heterocycles. The fourth-order valence-corrected chi connectivity index (χ4v) is 6.76. The molecule has 3 rings (SSSR count). The predicted molar refractivity (Wildman–Crippen MR) is 127 cm³/mol. The zero-order chi connectivity index (χ0) is 20.7. The van der Waals surface area contributed by atoms with E-state index in [4.69, 9.17) is 0 Å². The molecule has 1 aliphatic rings. The van der Waals surface area contributed by atoms with Crippen LogP contribution in [0.2, 0.25) is 0 Å². The van der Waals surface area contributed by atoms with Gasteiger partial charge in [-0.15, -0.1) is 11.3 Å². The van der Waals surface area contributed by atoms with E-state index < -0.39 is 0 Å². The minimum absolute atomic E-state index is 0.268. The van der Waals surface area contributed by atoms with Gasteiger partial charge in [-0.2, -0.15) is 0 Å². The summed E-state index contributed by atoms with van der Waals surface area (Å²) >= 11 is 2.06. The Morgan fingerprint density at radius 1 is 1.11 bits per heavy atom. The lowest BCUT2D eigenvalue weighted by Crippen LogP contribution is -2.34. The van der Waals surface area contributed by atoms with Crippen molar-refractivity contribution in [3.8, 4) is 0 Å². The van der Waals surface area contributed by atoms with Gasteiger partial charge in [0.2, 0.25) is 0 Å². The molecule has 1 aliphatic carbocycles. The second-order valence-corrected chi connectivity index (χ2v) is 10.5. The highest BCUT2D eigenvalue weighted by atomic mass is 32.1. The van der Waals surface area contributed by atoms with Crippen LogP contribution in [0.1, 0.15) is 88.8 Å². The Bertz CT molecular complexity index is 855. The zero-order valence-corrected chi connectivity index (χ0v) is 19.7. The molecule has 28 heavy (non-hydrogen) atoms. The first-order valence-corrected chi connectivity index (χ1v) is 11.6. The van der Waals surface area contributed by atoms with Crippen LogP contribution in [-0.2, 0) is 10.8 Å². The third-order valence-corrected chi connectivity index (χ3v) is 8.30. The van der Waals surface area contributed by atoms with E-state index in [2.05, 4.69) is 95.5 Å². The molecule has 152 valence electrons. The quantitative estimate of drug-likeness (QED) is 0.475. The maximum atomic E-state index is 4.07. The summed E-state index contributed by atoms with van der Waals surface area (Å²) in [6, 6.07) is 8.91. The van der Waals surface area contributed by atoms with Gasteiger partial charge in [-0.1, -0.05) is 58.4 Å². The Morgan fingerprint density at radius 2 is 1.75 bits per heavy atom. The lowest BCUT2D eigenvalue weighted by atomic mass is 9.64. The van der Waals surface area contributed by atoms with Gasteiger partial charge in [0.05, 0.1) is 5.00 Å². The first-order valence-electron chi connectivity index (χ1n) is 10.8. The number of nitrogens with zero attached hydrogens (tertiary/aromatic N) is 1. The number of hydrogen-bond acceptors (Lipinski definition) is 2. The topological polar surface area (TPSA) is 3.24 Å². The number of hydrogen-bond donors (Lipinski definition) is 0. The predicted octanol–water partition coefficient (Wildman–Crippen LogP) is 8.38. The Labute approximate surface area is 176 Å². The fraction of sp³-hybridized carbons (Fsp3) is 0.538. The third-order valence-electron chi connectivity index (χ3n) is 6.68. The van der Waals surface area contributed by atoms with E-state index in [9.17, 15) is 0 Å². The van der Waals surface area contributed by atoms with Gasteiger partial charge in [-0.05, 0) is 74.3 Å². The number of anilines is 2. The Kier molecular flexibility index (Phi) is 5.83. The lowest BCUT2D eigenvalue weighted by molar-refractivity contribution is 0.301. The molecule has 0 spiro atoms. The van der Waals surface area contributed by atoms with E-state index in [1.54, 1.807) is 10.4 Å². The van der Waals surface area contributed by atoms with Gasteiger partial charge in [0.15, 0.2) is 0 Å². The van der Waals surface area contributed by atoms with E-state index in [0.29, 0.717) is 5.41 Å². The van der Waals surface area contributed by atoms with Gasteiger partial charge < -0.3 is 4.90 Å². The molecule has 1 nitrogen and oxygen atoms in total. The summed E-state index contributed by atoms with van der Waals surface area (Å²) in [5.41, 5.74) is 7.35. The van der Waals surface area contributed by atoms with Gasteiger partial charge in [-0.25, -0.2) is 0 Å². The van der Waals surface area contributed by atoms with Gasteiger partial charge >= 0.3 is 0 Å². The van der Waals surface area contributed by atoms with Crippen molar-refractivity contribution in [3.05, 3.63) is 52.4 Å². The molecule has 1 aromatic carbocycles. The largest absolute Gasteiger partial charge is 0.333 e. The SMILES string of the molecule is C=C(C)c1ccc(N(CC)c2sc3c(c2C)C(C)(C)CCC3(C)CCC)cc1. The Hall–Kier alpha value is -1.54. The minimum atomic E-state index is 0.268. The Morgan fingerprint density at radius 3 is 2.29 bits per heavy atom. The molecule has 0 bridgehead atoms. The van der Waals surface area contributed by atoms with E-state index in [1.165, 1.54) is 47.5 Å². The van der Waals surface area contributed by atoms with Crippen molar-refractivity contribution >= 4 is 27.6 Å². The molecule has 0 radical (unpaired) electrons. The van der Waals surface area contributed by atoms with Crippen molar-refractivity contribution in [2.24, 2.45) is 0 Å². The van der Waals surface area contributed by atoms with Crippen LogP contribution >= 0.6 is 11.3 Å². The van der Waals surface area contributed by atoms with Crippen LogP contribution in [0, 0.1) is 6.92 Å². The third kappa shape index (κ3) is 3.56. The maximum absolute atomic E-state index is 4.07. The summed E-state index contributed by atoms with van der Waals surface area (Å²) in [6.45, 7) is 21.5. The number of fused-ring (bicyclic) bond motifs is 1. The number of benzene rings is 1.